The lowest BCUT2D eigenvalue weighted by atomic mass is 10.3. The number of nitrogens with one attached hydrogen (secondary N) is 1. The number of thiazole rings is 1. The van der Waals surface area contributed by atoms with E-state index >= 15 is 0 Å². The summed E-state index contributed by atoms with van der Waals surface area (Å²) in [5, 5.41) is 1.45. The molecule has 9 heteroatoms. The lowest BCUT2D eigenvalue weighted by Crippen LogP contribution is -2.22. The molecule has 0 atom stereocenters. The van der Waals surface area contributed by atoms with Crippen molar-refractivity contribution in [2.45, 2.75) is 26.6 Å². The number of halogens is 3. The third-order valence-electron chi connectivity index (χ3n) is 2.50. The number of oxazole rings is 1. The average molecular weight is 305 g/mol. The largest absolute Gasteiger partial charge is 0.446 e. The van der Waals surface area contributed by atoms with E-state index in [0.29, 0.717) is 22.8 Å². The van der Waals surface area contributed by atoms with E-state index in [1.54, 1.807) is 6.92 Å². The summed E-state index contributed by atoms with van der Waals surface area (Å²) in [6.07, 6.45) is -3.31. The van der Waals surface area contributed by atoms with Crippen molar-refractivity contribution in [1.29, 1.82) is 0 Å². The number of carbonyl (C=O) groups is 1. The maximum Gasteiger partial charge on any atom is 0.443 e. The van der Waals surface area contributed by atoms with Crippen LogP contribution >= 0.6 is 11.3 Å². The van der Waals surface area contributed by atoms with Gasteiger partial charge in [0.2, 0.25) is 0 Å². The van der Waals surface area contributed by atoms with E-state index in [0.717, 1.165) is 0 Å². The SMILES string of the molecule is Cc1ncoc1CNC(=O)c1sc(C(F)(F)F)nc1C. The van der Waals surface area contributed by atoms with Crippen molar-refractivity contribution >= 4 is 17.2 Å². The van der Waals surface area contributed by atoms with Crippen molar-refractivity contribution in [3.05, 3.63) is 33.4 Å². The average Bonchev–Trinajstić information content (AvgIpc) is 2.92. The highest BCUT2D eigenvalue weighted by atomic mass is 32.1. The molecule has 0 fully saturated rings. The van der Waals surface area contributed by atoms with E-state index in [9.17, 15) is 18.0 Å². The van der Waals surface area contributed by atoms with Crippen LogP contribution in [0.5, 0.6) is 0 Å². The minimum Gasteiger partial charge on any atom is -0.446 e. The number of aromatic nitrogens is 2. The summed E-state index contributed by atoms with van der Waals surface area (Å²) in [4.78, 5) is 19.0. The number of hydrogen-bond donors (Lipinski definition) is 1. The van der Waals surface area contributed by atoms with Crippen molar-refractivity contribution in [1.82, 2.24) is 15.3 Å². The Kier molecular flexibility index (Phi) is 3.80. The zero-order valence-electron chi connectivity index (χ0n) is 10.5. The van der Waals surface area contributed by atoms with Gasteiger partial charge >= 0.3 is 6.18 Å². The molecule has 2 aromatic heterocycles. The van der Waals surface area contributed by atoms with E-state index in [-0.39, 0.29) is 17.1 Å². The molecule has 2 rings (SSSR count). The summed E-state index contributed by atoms with van der Waals surface area (Å²) < 4.78 is 42.5. The first kappa shape index (κ1) is 14.5. The van der Waals surface area contributed by atoms with E-state index in [1.165, 1.54) is 13.3 Å². The number of nitrogens with zero attached hydrogens (tertiary/aromatic N) is 2. The molecule has 5 nitrogen and oxygen atoms in total. The van der Waals surface area contributed by atoms with Gasteiger partial charge in [-0.15, -0.1) is 11.3 Å². The van der Waals surface area contributed by atoms with Crippen LogP contribution < -0.4 is 5.32 Å². The van der Waals surface area contributed by atoms with Gasteiger partial charge in [0, 0.05) is 0 Å². The Labute approximate surface area is 115 Å². The number of alkyl halides is 3. The van der Waals surface area contributed by atoms with Crippen molar-refractivity contribution in [3.63, 3.8) is 0 Å². The number of aryl methyl sites for hydroxylation is 2. The first-order chi connectivity index (χ1) is 9.29. The normalized spacial score (nSPS) is 11.7. The number of carbonyl (C=O) groups excluding carboxylic acids is 1. The Morgan fingerprint density at radius 3 is 2.60 bits per heavy atom. The minimum absolute atomic E-state index is 0.0501. The summed E-state index contributed by atoms with van der Waals surface area (Å²) in [6, 6.07) is 0. The van der Waals surface area contributed by atoms with Gasteiger partial charge in [-0.1, -0.05) is 0 Å². The molecule has 1 N–H and O–H groups in total. The molecular formula is C11H10F3N3O2S. The fourth-order valence-electron chi connectivity index (χ4n) is 1.47. The molecule has 0 saturated carbocycles. The second-order valence-electron chi connectivity index (χ2n) is 3.97. The van der Waals surface area contributed by atoms with Crippen LogP contribution in [0, 0.1) is 13.8 Å². The molecule has 0 aliphatic carbocycles. The highest BCUT2D eigenvalue weighted by molar-refractivity contribution is 7.13. The van der Waals surface area contributed by atoms with Crippen molar-refractivity contribution in [2.24, 2.45) is 0 Å². The van der Waals surface area contributed by atoms with Crippen LogP contribution in [-0.2, 0) is 12.7 Å². The zero-order valence-corrected chi connectivity index (χ0v) is 11.4. The molecule has 108 valence electrons. The Bertz CT molecular complexity index is 633. The van der Waals surface area contributed by atoms with Gasteiger partial charge in [-0.25, -0.2) is 9.97 Å². The Morgan fingerprint density at radius 2 is 2.10 bits per heavy atom. The predicted molar refractivity (Wildman–Crippen MR) is 64.3 cm³/mol. The second kappa shape index (κ2) is 5.23. The van der Waals surface area contributed by atoms with E-state index in [4.69, 9.17) is 4.42 Å². The summed E-state index contributed by atoms with van der Waals surface area (Å²) in [5.74, 6) is -0.164. The zero-order chi connectivity index (χ0) is 14.9. The Balaban J connectivity index is 2.10. The van der Waals surface area contributed by atoms with Gasteiger partial charge in [-0.3, -0.25) is 4.79 Å². The highest BCUT2D eigenvalue weighted by Crippen LogP contribution is 2.33. The van der Waals surface area contributed by atoms with Crippen LogP contribution in [0.15, 0.2) is 10.8 Å². The standard InChI is InChI=1S/C11H10F3N3O2S/c1-5-7(19-4-16-5)3-15-9(18)8-6(2)17-10(20-8)11(12,13)14/h4H,3H2,1-2H3,(H,15,18). The Morgan fingerprint density at radius 1 is 1.40 bits per heavy atom. The molecule has 20 heavy (non-hydrogen) atoms. The maximum atomic E-state index is 12.5. The fourth-order valence-corrected chi connectivity index (χ4v) is 2.31. The third kappa shape index (κ3) is 2.98. The van der Waals surface area contributed by atoms with Crippen LogP contribution in [-0.4, -0.2) is 15.9 Å². The van der Waals surface area contributed by atoms with Gasteiger partial charge in [-0.05, 0) is 13.8 Å². The minimum atomic E-state index is -4.55. The first-order valence-electron chi connectivity index (χ1n) is 5.51. The van der Waals surface area contributed by atoms with E-state index < -0.39 is 17.1 Å². The summed E-state index contributed by atoms with van der Waals surface area (Å²) >= 11 is 0.322. The van der Waals surface area contributed by atoms with Gasteiger partial charge in [0.15, 0.2) is 11.4 Å². The highest BCUT2D eigenvalue weighted by Gasteiger charge is 2.36. The van der Waals surface area contributed by atoms with Crippen LogP contribution in [0.25, 0.3) is 0 Å². The van der Waals surface area contributed by atoms with Crippen LogP contribution in [0.1, 0.15) is 31.8 Å². The number of amides is 1. The van der Waals surface area contributed by atoms with Crippen molar-refractivity contribution < 1.29 is 22.4 Å². The quantitative estimate of drug-likeness (QED) is 0.946. The van der Waals surface area contributed by atoms with Crippen molar-refractivity contribution in [3.8, 4) is 0 Å². The monoisotopic (exact) mass is 305 g/mol. The van der Waals surface area contributed by atoms with Gasteiger partial charge in [0.05, 0.1) is 17.9 Å². The van der Waals surface area contributed by atoms with Gasteiger partial charge in [-0.2, -0.15) is 13.2 Å². The van der Waals surface area contributed by atoms with Gasteiger partial charge < -0.3 is 9.73 Å². The summed E-state index contributed by atoms with van der Waals surface area (Å²) in [5.41, 5.74) is 0.663. The van der Waals surface area contributed by atoms with E-state index in [2.05, 4.69) is 15.3 Å². The maximum absolute atomic E-state index is 12.5. The number of rotatable bonds is 3. The summed E-state index contributed by atoms with van der Waals surface area (Å²) in [7, 11) is 0. The first-order valence-corrected chi connectivity index (χ1v) is 6.32. The molecule has 0 aromatic carbocycles. The molecule has 0 aliphatic heterocycles. The molecular weight excluding hydrogens is 295 g/mol. The number of hydrogen-bond acceptors (Lipinski definition) is 5. The third-order valence-corrected chi connectivity index (χ3v) is 3.70. The molecule has 0 radical (unpaired) electrons. The summed E-state index contributed by atoms with van der Waals surface area (Å²) in [6.45, 7) is 3.12. The molecule has 0 aliphatic rings. The molecule has 0 spiro atoms. The lowest BCUT2D eigenvalue weighted by molar-refractivity contribution is -0.137. The van der Waals surface area contributed by atoms with Crippen molar-refractivity contribution in [2.75, 3.05) is 0 Å². The molecule has 0 bridgehead atoms. The lowest BCUT2D eigenvalue weighted by Gasteiger charge is -2.02. The van der Waals surface area contributed by atoms with Crippen LogP contribution in [0.3, 0.4) is 0 Å². The molecule has 1 amide bonds. The molecule has 0 unspecified atom stereocenters. The van der Waals surface area contributed by atoms with Gasteiger partial charge in [0.1, 0.15) is 10.6 Å². The predicted octanol–water partition coefficient (Wildman–Crippen LogP) is 2.70. The van der Waals surface area contributed by atoms with Crippen LogP contribution in [0.2, 0.25) is 0 Å². The fraction of sp³-hybridized carbons (Fsp3) is 0.364. The molecule has 2 heterocycles. The molecule has 0 saturated heterocycles. The van der Waals surface area contributed by atoms with Gasteiger partial charge in [0.25, 0.3) is 5.91 Å². The molecule has 2 aromatic rings. The van der Waals surface area contributed by atoms with E-state index in [1.807, 2.05) is 0 Å². The topological polar surface area (TPSA) is 68.0 Å². The van der Waals surface area contributed by atoms with Crippen LogP contribution in [0.4, 0.5) is 13.2 Å². The second-order valence-corrected chi connectivity index (χ2v) is 4.97. The smallest absolute Gasteiger partial charge is 0.443 e. The Hall–Kier alpha value is -1.90.